The molecule has 3 heterocycles. The highest BCUT2D eigenvalue weighted by Gasteiger charge is 2.51. The number of aryl methyl sites for hydroxylation is 1. The van der Waals surface area contributed by atoms with E-state index < -0.39 is 192 Å². The number of benzene rings is 2. The monoisotopic (exact) mass is 1460 g/mol. The molecule has 1 unspecified atom stereocenters. The average Bonchev–Trinajstić information content (AvgIpc) is 1.43. The summed E-state index contributed by atoms with van der Waals surface area (Å²) in [4.78, 5) is 188. The average molecular weight is 1460 g/mol. The van der Waals surface area contributed by atoms with E-state index in [0.717, 1.165) is 73.4 Å². The third-order valence-corrected chi connectivity index (χ3v) is 21.5. The molecule has 2 aromatic carbocycles. The van der Waals surface area contributed by atoms with E-state index in [2.05, 4.69) is 16.0 Å². The normalized spacial score (nSPS) is 25.5. The van der Waals surface area contributed by atoms with Crippen LogP contribution >= 0.6 is 11.6 Å². The summed E-state index contributed by atoms with van der Waals surface area (Å²) in [5.41, 5.74) is -3.39. The Labute approximate surface area is 597 Å². The van der Waals surface area contributed by atoms with Gasteiger partial charge < -0.3 is 60.0 Å². The number of nitrogens with one attached hydrogen (secondary N) is 3. The van der Waals surface area contributed by atoms with Gasteiger partial charge in [0.1, 0.15) is 47.8 Å². The number of nitrogens with zero attached hydrogens (tertiary/aromatic N) is 9. The Balaban J connectivity index is 1.29. The highest BCUT2D eigenvalue weighted by molar-refractivity contribution is 6.31. The van der Waals surface area contributed by atoms with Gasteiger partial charge in [-0.05, 0) is 118 Å². The Bertz CT molecular complexity index is 3400. The molecule has 31 heteroatoms. The molecule has 564 valence electrons. The Kier molecular flexibility index (Phi) is 27.8. The lowest BCUT2D eigenvalue weighted by atomic mass is 9.81. The molecule has 2 aliphatic carbocycles. The fourth-order valence-electron chi connectivity index (χ4n) is 14.7. The highest BCUT2D eigenvalue weighted by Crippen LogP contribution is 2.38. The molecule has 2 saturated carbocycles. The van der Waals surface area contributed by atoms with Gasteiger partial charge >= 0.3 is 12.4 Å². The fraction of sp³-hybridized carbons (Fsp3) is 0.662. The van der Waals surface area contributed by atoms with Crippen LogP contribution in [0, 0.1) is 11.8 Å². The number of likely N-dealkylation sites (N-methyl/N-ethyl adjacent to an activating group) is 7. The van der Waals surface area contributed by atoms with E-state index >= 15 is 19.2 Å². The van der Waals surface area contributed by atoms with Gasteiger partial charge in [0.15, 0.2) is 0 Å². The van der Waals surface area contributed by atoms with Crippen LogP contribution in [0.4, 0.5) is 26.3 Å². The molecule has 0 aromatic heterocycles. The molecule has 12 amide bonds. The second kappa shape index (κ2) is 35.0. The summed E-state index contributed by atoms with van der Waals surface area (Å²) in [5.74, 6) is -10.0. The van der Waals surface area contributed by atoms with Crippen molar-refractivity contribution in [2.24, 2.45) is 11.8 Å². The highest BCUT2D eigenvalue weighted by atomic mass is 35.5. The van der Waals surface area contributed by atoms with Crippen LogP contribution in [0.2, 0.25) is 5.02 Å². The molecule has 8 atom stereocenters. The maximum Gasteiger partial charge on any atom is 0.417 e. The van der Waals surface area contributed by atoms with E-state index in [1.807, 2.05) is 0 Å². The predicted molar refractivity (Wildman–Crippen MR) is 364 cm³/mol. The van der Waals surface area contributed by atoms with Crippen molar-refractivity contribution in [2.45, 2.75) is 203 Å². The molecular formula is C71H99ClF6N12O12. The van der Waals surface area contributed by atoms with Crippen molar-refractivity contribution < 1.29 is 83.9 Å². The minimum atomic E-state index is -4.81. The van der Waals surface area contributed by atoms with Gasteiger partial charge in [0.2, 0.25) is 70.9 Å². The molecule has 3 saturated heterocycles. The van der Waals surface area contributed by atoms with E-state index in [4.69, 9.17) is 11.6 Å². The summed E-state index contributed by atoms with van der Waals surface area (Å²) < 4.78 is 82.9. The molecule has 3 N–H and O–H groups in total. The first-order valence-electron chi connectivity index (χ1n) is 35.3. The second-order valence-corrected chi connectivity index (χ2v) is 28.7. The van der Waals surface area contributed by atoms with E-state index in [-0.39, 0.29) is 62.6 Å². The molecule has 0 radical (unpaired) electrons. The molecule has 2 aromatic rings. The zero-order valence-electron chi connectivity index (χ0n) is 60.0. The summed E-state index contributed by atoms with van der Waals surface area (Å²) in [5, 5.41) is 7.83. The summed E-state index contributed by atoms with van der Waals surface area (Å²) in [6.45, 7) is 3.57. The van der Waals surface area contributed by atoms with Gasteiger partial charge in [0.25, 0.3) is 0 Å². The van der Waals surface area contributed by atoms with Gasteiger partial charge in [0.05, 0.1) is 42.2 Å². The first-order chi connectivity index (χ1) is 47.9. The lowest BCUT2D eigenvalue weighted by Gasteiger charge is -2.43. The van der Waals surface area contributed by atoms with Crippen molar-refractivity contribution in [1.82, 2.24) is 60.0 Å². The standard InChI is InChI=1S/C71H99ClF6N12O12/c1-11-43(3)59-66(100)84(6)41-57(93)82(4)42-58(94)86(8)53(38-45-24-28-47(29-25-45)70(73,74)75)64(98)83(5)40-55(91)79-50(31-27-44-26-30-48(49(72)37-44)71(76,77)78)63(97)90-36-20-23-52(90)62(96)81-69(32-16-17-33-69)68(102)88(10)60(46-21-14-13-15-22-46)67(101)87(9)54(65(99)89-34-18-19-35-89)39-56(92)85(7)51(12-2)61(95)80-59/h24-26,28-30,37,43,46,50-54,59-60H,11-23,27,31-36,38-42H2,1-10H3,(H,79,91)(H,80,95)(H,81,96)/t43-,50-,51-,52?,53-,54-,59-,60-/m0/s1. The summed E-state index contributed by atoms with van der Waals surface area (Å²) in [6.07, 6.45) is -4.49. The lowest BCUT2D eigenvalue weighted by molar-refractivity contribution is -0.156. The minimum Gasteiger partial charge on any atom is -0.343 e. The van der Waals surface area contributed by atoms with Crippen LogP contribution in [-0.4, -0.2) is 251 Å². The smallest absolute Gasteiger partial charge is 0.343 e. The molecule has 0 bridgehead atoms. The van der Waals surface area contributed by atoms with Gasteiger partial charge in [0, 0.05) is 75.4 Å². The van der Waals surface area contributed by atoms with E-state index in [1.54, 1.807) is 25.7 Å². The Morgan fingerprint density at radius 3 is 1.78 bits per heavy atom. The summed E-state index contributed by atoms with van der Waals surface area (Å²) >= 11 is 6.12. The predicted octanol–water partition coefficient (Wildman–Crippen LogP) is 5.69. The van der Waals surface area contributed by atoms with Crippen molar-refractivity contribution in [1.29, 1.82) is 0 Å². The lowest BCUT2D eigenvalue weighted by Crippen LogP contribution is -2.65. The third kappa shape index (κ3) is 19.6. The van der Waals surface area contributed by atoms with Crippen molar-refractivity contribution in [3.05, 3.63) is 69.7 Å². The zero-order chi connectivity index (χ0) is 75.5. The van der Waals surface area contributed by atoms with Gasteiger partial charge in [-0.1, -0.05) is 89.1 Å². The molecule has 5 fully saturated rings. The molecule has 1 spiro atoms. The molecule has 5 aliphatic rings. The third-order valence-electron chi connectivity index (χ3n) is 21.2. The van der Waals surface area contributed by atoms with Crippen LogP contribution in [0.1, 0.15) is 152 Å². The number of carbonyl (C=O) groups is 12. The van der Waals surface area contributed by atoms with E-state index in [1.165, 1.54) is 64.0 Å². The number of alkyl halides is 6. The number of likely N-dealkylation sites (tertiary alicyclic amines) is 1. The van der Waals surface area contributed by atoms with Gasteiger partial charge in [-0.3, -0.25) is 57.5 Å². The number of hydrogen-bond donors (Lipinski definition) is 3. The van der Waals surface area contributed by atoms with Crippen molar-refractivity contribution in [3.8, 4) is 0 Å². The molecule has 102 heavy (non-hydrogen) atoms. The van der Waals surface area contributed by atoms with E-state index in [0.29, 0.717) is 70.9 Å². The number of carbonyl (C=O) groups excluding carboxylic acids is 12. The quantitative estimate of drug-likeness (QED) is 0.242. The van der Waals surface area contributed by atoms with Gasteiger partial charge in [-0.2, -0.15) is 26.3 Å². The maximum absolute atomic E-state index is 15.7. The number of amides is 12. The van der Waals surface area contributed by atoms with Crippen molar-refractivity contribution >= 4 is 82.5 Å². The van der Waals surface area contributed by atoms with Crippen LogP contribution in [0.5, 0.6) is 0 Å². The minimum absolute atomic E-state index is 0.0221. The fourth-order valence-corrected chi connectivity index (χ4v) is 15.0. The first kappa shape index (κ1) is 81.3. The van der Waals surface area contributed by atoms with Crippen LogP contribution in [0.15, 0.2) is 42.5 Å². The molecule has 7 rings (SSSR count). The van der Waals surface area contributed by atoms with Crippen LogP contribution < -0.4 is 16.0 Å². The van der Waals surface area contributed by atoms with Crippen molar-refractivity contribution in [3.63, 3.8) is 0 Å². The van der Waals surface area contributed by atoms with E-state index in [9.17, 15) is 64.7 Å². The number of hydrogen-bond acceptors (Lipinski definition) is 12. The molecule has 3 aliphatic heterocycles. The van der Waals surface area contributed by atoms with Crippen LogP contribution in [0.25, 0.3) is 0 Å². The second-order valence-electron chi connectivity index (χ2n) is 28.3. The van der Waals surface area contributed by atoms with Gasteiger partial charge in [-0.15, -0.1) is 0 Å². The number of fused-ring (bicyclic) bond motifs is 1. The molecular weight excluding hydrogens is 1360 g/mol. The SMILES string of the molecule is CC[C@H](C)[C@@H]1NC(=O)[C@H](CC)N(C)C(=O)C[C@@H](C(=O)N2CCCC2)N(C)C(=O)[C@H](C2CCCCC2)N(C)C(=O)C2(CCCC2)NC(=O)C2CCCN2C(=O)[C@H](CCc2ccc(C(F)(F)F)c(Cl)c2)NC(=O)CN(C)C(=O)[C@H](Cc2ccc(C(F)(F)F)cc2)N(C)C(=O)CN(C)C(=O)CN(C)C1=O. The van der Waals surface area contributed by atoms with Crippen molar-refractivity contribution in [2.75, 3.05) is 88.6 Å². The van der Waals surface area contributed by atoms with Crippen LogP contribution in [-0.2, 0) is 82.7 Å². The summed E-state index contributed by atoms with van der Waals surface area (Å²) in [7, 11) is 9.20. The number of rotatable bonds is 10. The Morgan fingerprint density at radius 2 is 1.20 bits per heavy atom. The maximum atomic E-state index is 15.7. The Morgan fingerprint density at radius 1 is 0.598 bits per heavy atom. The zero-order valence-corrected chi connectivity index (χ0v) is 60.7. The first-order valence-corrected chi connectivity index (χ1v) is 35.6. The number of halogens is 7. The topological polar surface area (TPSA) is 270 Å². The molecule has 24 nitrogen and oxygen atoms in total. The largest absolute Gasteiger partial charge is 0.417 e. The van der Waals surface area contributed by atoms with Crippen LogP contribution in [0.3, 0.4) is 0 Å². The Hall–Kier alpha value is -8.05. The summed E-state index contributed by atoms with van der Waals surface area (Å²) in [6, 6.07) is -2.79. The van der Waals surface area contributed by atoms with Gasteiger partial charge in [-0.25, -0.2) is 0 Å².